The summed E-state index contributed by atoms with van der Waals surface area (Å²) in [5, 5.41) is 2.91. The molecule has 1 amide bonds. The summed E-state index contributed by atoms with van der Waals surface area (Å²) in [6.45, 7) is 1.56. The second kappa shape index (κ2) is 5.96. The number of nitrogens with one attached hydrogen (secondary N) is 1. The third-order valence-electron chi connectivity index (χ3n) is 2.73. The molecule has 3 nitrogen and oxygen atoms in total. The third-order valence-corrected chi connectivity index (χ3v) is 2.96. The minimum atomic E-state index is -0.695. The van der Waals surface area contributed by atoms with Crippen LogP contribution < -0.4 is 5.32 Å². The lowest BCUT2D eigenvalue weighted by molar-refractivity contribution is 0.0934. The first-order valence-corrected chi connectivity index (χ1v) is 6.22. The highest BCUT2D eigenvalue weighted by Gasteiger charge is 2.16. The average Bonchev–Trinajstić information content (AvgIpc) is 2.41. The van der Waals surface area contributed by atoms with Gasteiger partial charge in [-0.2, -0.15) is 0 Å². The highest BCUT2D eigenvalue weighted by Crippen LogP contribution is 2.18. The van der Waals surface area contributed by atoms with E-state index >= 15 is 0 Å². The van der Waals surface area contributed by atoms with Crippen molar-refractivity contribution < 1.29 is 13.6 Å². The quantitative estimate of drug-likeness (QED) is 0.942. The maximum Gasteiger partial charge on any atom is 0.270 e. The molecular weight excluding hydrogens is 286 g/mol. The van der Waals surface area contributed by atoms with Gasteiger partial charge in [-0.25, -0.2) is 8.78 Å². The van der Waals surface area contributed by atoms with E-state index in [1.165, 1.54) is 18.3 Å². The molecule has 104 valence electrons. The van der Waals surface area contributed by atoms with Crippen LogP contribution in [0.1, 0.15) is 29.0 Å². The number of hydrogen-bond acceptors (Lipinski definition) is 2. The number of halogens is 3. The molecule has 6 heteroatoms. The number of nitrogens with zero attached hydrogens (tertiary/aromatic N) is 1. The zero-order valence-corrected chi connectivity index (χ0v) is 11.3. The lowest BCUT2D eigenvalue weighted by atomic mass is 10.1. The Balaban J connectivity index is 2.17. The van der Waals surface area contributed by atoms with Gasteiger partial charge in [0.25, 0.3) is 5.91 Å². The summed E-state index contributed by atoms with van der Waals surface area (Å²) in [6.07, 6.45) is 1.39. The Bertz CT molecular complexity index is 649. The van der Waals surface area contributed by atoms with Gasteiger partial charge in [-0.3, -0.25) is 9.78 Å². The van der Waals surface area contributed by atoms with Gasteiger partial charge < -0.3 is 5.32 Å². The Morgan fingerprint density at radius 3 is 2.75 bits per heavy atom. The Labute approximate surface area is 119 Å². The van der Waals surface area contributed by atoms with Crippen molar-refractivity contribution in [3.8, 4) is 0 Å². The fourth-order valence-electron chi connectivity index (χ4n) is 1.72. The smallest absolute Gasteiger partial charge is 0.270 e. The van der Waals surface area contributed by atoms with Crippen LogP contribution in [0.4, 0.5) is 8.78 Å². The zero-order chi connectivity index (χ0) is 14.7. The SMILES string of the molecule is CC(NC(=O)c1cc(Cl)ccn1)c1cc(F)ccc1F. The van der Waals surface area contributed by atoms with E-state index in [2.05, 4.69) is 10.3 Å². The van der Waals surface area contributed by atoms with Crippen molar-refractivity contribution in [1.29, 1.82) is 0 Å². The fraction of sp³-hybridized carbons (Fsp3) is 0.143. The van der Waals surface area contributed by atoms with Gasteiger partial charge >= 0.3 is 0 Å². The zero-order valence-electron chi connectivity index (χ0n) is 10.5. The van der Waals surface area contributed by atoms with Gasteiger partial charge in [0.1, 0.15) is 17.3 Å². The number of amides is 1. The third kappa shape index (κ3) is 3.30. The molecule has 1 aromatic carbocycles. The lowest BCUT2D eigenvalue weighted by Gasteiger charge is -2.15. The topological polar surface area (TPSA) is 42.0 Å². The predicted molar refractivity (Wildman–Crippen MR) is 71.5 cm³/mol. The predicted octanol–water partition coefficient (Wildman–Crippen LogP) is 3.50. The van der Waals surface area contributed by atoms with Crippen molar-refractivity contribution in [3.63, 3.8) is 0 Å². The molecule has 1 aromatic heterocycles. The highest BCUT2D eigenvalue weighted by molar-refractivity contribution is 6.30. The molecule has 0 saturated carbocycles. The van der Waals surface area contributed by atoms with Crippen LogP contribution in [0.3, 0.4) is 0 Å². The molecule has 20 heavy (non-hydrogen) atoms. The molecule has 1 N–H and O–H groups in total. The maximum atomic E-state index is 13.6. The molecule has 1 heterocycles. The van der Waals surface area contributed by atoms with Crippen LogP contribution in [-0.4, -0.2) is 10.9 Å². The molecule has 0 spiro atoms. The van der Waals surface area contributed by atoms with Crippen LogP contribution in [0, 0.1) is 11.6 Å². The Morgan fingerprint density at radius 1 is 1.30 bits per heavy atom. The summed E-state index contributed by atoms with van der Waals surface area (Å²) in [7, 11) is 0. The molecule has 1 atom stereocenters. The normalized spacial score (nSPS) is 12.0. The van der Waals surface area contributed by atoms with Crippen molar-refractivity contribution >= 4 is 17.5 Å². The molecule has 0 fully saturated rings. The Hall–Kier alpha value is -2.01. The minimum absolute atomic E-state index is 0.0698. The number of pyridine rings is 1. The number of rotatable bonds is 3. The highest BCUT2D eigenvalue weighted by atomic mass is 35.5. The van der Waals surface area contributed by atoms with E-state index in [-0.39, 0.29) is 11.3 Å². The lowest BCUT2D eigenvalue weighted by Crippen LogP contribution is -2.28. The van der Waals surface area contributed by atoms with Gasteiger partial charge in [0, 0.05) is 16.8 Å². The van der Waals surface area contributed by atoms with Crippen LogP contribution >= 0.6 is 11.6 Å². The minimum Gasteiger partial charge on any atom is -0.344 e. The van der Waals surface area contributed by atoms with Crippen molar-refractivity contribution in [3.05, 3.63) is 64.4 Å². The van der Waals surface area contributed by atoms with Gasteiger partial charge in [-0.05, 0) is 37.3 Å². The van der Waals surface area contributed by atoms with Crippen LogP contribution in [0.5, 0.6) is 0 Å². The van der Waals surface area contributed by atoms with Crippen molar-refractivity contribution in [2.45, 2.75) is 13.0 Å². The molecular formula is C14H11ClF2N2O. The van der Waals surface area contributed by atoms with E-state index in [0.717, 1.165) is 18.2 Å². The maximum absolute atomic E-state index is 13.6. The molecule has 0 radical (unpaired) electrons. The van der Waals surface area contributed by atoms with Crippen LogP contribution in [0.15, 0.2) is 36.5 Å². The average molecular weight is 297 g/mol. The summed E-state index contributed by atoms with van der Waals surface area (Å²) < 4.78 is 26.7. The summed E-state index contributed by atoms with van der Waals surface area (Å²) in [4.78, 5) is 15.8. The standard InChI is InChI=1S/C14H11ClF2N2O/c1-8(11-7-10(16)2-3-12(11)17)19-14(20)13-6-9(15)4-5-18-13/h2-8H,1H3,(H,19,20). The molecule has 1 unspecified atom stereocenters. The molecule has 2 rings (SSSR count). The van der Waals surface area contributed by atoms with Crippen LogP contribution in [-0.2, 0) is 0 Å². The first-order chi connectivity index (χ1) is 9.47. The van der Waals surface area contributed by atoms with E-state index in [1.807, 2.05) is 0 Å². The number of benzene rings is 1. The number of carbonyl (C=O) groups excluding carboxylic acids is 1. The Morgan fingerprint density at radius 2 is 2.05 bits per heavy atom. The first-order valence-electron chi connectivity index (χ1n) is 5.84. The van der Waals surface area contributed by atoms with Gasteiger partial charge in [-0.1, -0.05) is 11.6 Å². The van der Waals surface area contributed by atoms with Gasteiger partial charge in [0.15, 0.2) is 0 Å². The van der Waals surface area contributed by atoms with E-state index in [0.29, 0.717) is 5.02 Å². The number of hydrogen-bond donors (Lipinski definition) is 1. The second-order valence-corrected chi connectivity index (χ2v) is 4.66. The van der Waals surface area contributed by atoms with Crippen molar-refractivity contribution in [1.82, 2.24) is 10.3 Å². The van der Waals surface area contributed by atoms with Gasteiger partial charge in [0.05, 0.1) is 6.04 Å². The number of carbonyl (C=O) groups is 1. The summed E-state index contributed by atoms with van der Waals surface area (Å²) in [5.74, 6) is -1.66. The van der Waals surface area contributed by atoms with Crippen molar-refractivity contribution in [2.24, 2.45) is 0 Å². The van der Waals surface area contributed by atoms with Gasteiger partial charge in [-0.15, -0.1) is 0 Å². The van der Waals surface area contributed by atoms with Crippen molar-refractivity contribution in [2.75, 3.05) is 0 Å². The largest absolute Gasteiger partial charge is 0.344 e. The molecule has 0 aliphatic heterocycles. The fourth-order valence-corrected chi connectivity index (χ4v) is 1.88. The summed E-state index contributed by atoms with van der Waals surface area (Å²) >= 11 is 5.76. The van der Waals surface area contributed by atoms with E-state index in [9.17, 15) is 13.6 Å². The molecule has 0 aliphatic rings. The van der Waals surface area contributed by atoms with E-state index in [4.69, 9.17) is 11.6 Å². The molecule has 0 saturated heterocycles. The monoisotopic (exact) mass is 296 g/mol. The Kier molecular flexibility index (Phi) is 4.29. The first kappa shape index (κ1) is 14.4. The van der Waals surface area contributed by atoms with E-state index < -0.39 is 23.6 Å². The number of aromatic nitrogens is 1. The van der Waals surface area contributed by atoms with Crippen LogP contribution in [0.25, 0.3) is 0 Å². The molecule has 0 aliphatic carbocycles. The molecule has 0 bridgehead atoms. The van der Waals surface area contributed by atoms with Crippen LogP contribution in [0.2, 0.25) is 5.02 Å². The second-order valence-electron chi connectivity index (χ2n) is 4.22. The molecule has 2 aromatic rings. The van der Waals surface area contributed by atoms with E-state index in [1.54, 1.807) is 6.92 Å². The summed E-state index contributed by atoms with van der Waals surface area (Å²) in [6, 6.07) is 5.32. The van der Waals surface area contributed by atoms with Gasteiger partial charge in [0.2, 0.25) is 0 Å². The summed E-state index contributed by atoms with van der Waals surface area (Å²) in [5.41, 5.74) is 0.182.